The van der Waals surface area contributed by atoms with Crippen LogP contribution in [0.1, 0.15) is 33.9 Å². The third kappa shape index (κ3) is 4.87. The number of anilines is 4. The Morgan fingerprint density at radius 3 is 2.11 bits per heavy atom. The van der Waals surface area contributed by atoms with Crippen molar-refractivity contribution in [1.82, 2.24) is 5.32 Å². The lowest BCUT2D eigenvalue weighted by Crippen LogP contribution is -2.33. The predicted molar refractivity (Wildman–Crippen MR) is 236 cm³/mol. The highest BCUT2D eigenvalue weighted by Gasteiger charge is 2.44. The number of para-hydroxylation sites is 4. The lowest BCUT2D eigenvalue weighted by Gasteiger charge is -2.34. The van der Waals surface area contributed by atoms with Crippen molar-refractivity contribution in [1.29, 1.82) is 0 Å². The summed E-state index contributed by atoms with van der Waals surface area (Å²) in [6.07, 6.45) is 13.4. The van der Waals surface area contributed by atoms with Crippen LogP contribution in [0.4, 0.5) is 22.7 Å². The maximum atomic E-state index is 6.45. The minimum atomic E-state index is 0.101. The Morgan fingerprint density at radius 1 is 0.544 bits per heavy atom. The van der Waals surface area contributed by atoms with Gasteiger partial charge in [-0.05, 0) is 82.6 Å². The van der Waals surface area contributed by atoms with Gasteiger partial charge in [0, 0.05) is 44.8 Å². The highest BCUT2D eigenvalue weighted by atomic mass is 16.3. The smallest absolute Gasteiger partial charge is 0.143 e. The number of hydrogen-bond acceptors (Lipinski definition) is 4. The van der Waals surface area contributed by atoms with Gasteiger partial charge in [-0.1, -0.05) is 146 Å². The van der Waals surface area contributed by atoms with Crippen LogP contribution in [0.3, 0.4) is 0 Å². The van der Waals surface area contributed by atoms with E-state index in [0.717, 1.165) is 50.1 Å². The van der Waals surface area contributed by atoms with Gasteiger partial charge in [0.05, 0.1) is 29.2 Å². The van der Waals surface area contributed by atoms with Crippen molar-refractivity contribution in [2.75, 3.05) is 9.80 Å². The third-order valence-electron chi connectivity index (χ3n) is 12.2. The number of rotatable bonds is 4. The number of fused-ring (bicyclic) bond motifs is 10. The van der Waals surface area contributed by atoms with E-state index in [1.165, 1.54) is 44.8 Å². The molecular formula is C53H37N3O. The molecule has 57 heavy (non-hydrogen) atoms. The van der Waals surface area contributed by atoms with Crippen molar-refractivity contribution in [3.8, 4) is 11.1 Å². The molecule has 0 saturated carbocycles. The molecule has 1 aliphatic carbocycles. The van der Waals surface area contributed by atoms with Crippen LogP contribution >= 0.6 is 0 Å². The van der Waals surface area contributed by atoms with Gasteiger partial charge in [-0.2, -0.15) is 0 Å². The monoisotopic (exact) mass is 731 g/mol. The molecule has 0 amide bonds. The number of allylic oxidation sites excluding steroid dienone is 2. The molecule has 3 unspecified atom stereocenters. The van der Waals surface area contributed by atoms with Crippen LogP contribution in [0.2, 0.25) is 0 Å². The molecule has 4 heterocycles. The van der Waals surface area contributed by atoms with Gasteiger partial charge in [0.1, 0.15) is 11.2 Å². The van der Waals surface area contributed by atoms with Crippen LogP contribution in [0.5, 0.6) is 0 Å². The molecular weight excluding hydrogens is 695 g/mol. The average molecular weight is 732 g/mol. The van der Waals surface area contributed by atoms with Gasteiger partial charge < -0.3 is 19.5 Å². The Hall–Kier alpha value is -7.30. The maximum absolute atomic E-state index is 6.45. The van der Waals surface area contributed by atoms with E-state index in [0.29, 0.717) is 0 Å². The summed E-state index contributed by atoms with van der Waals surface area (Å²) in [6, 6.07) is 59.8. The molecule has 8 aromatic rings. The first-order chi connectivity index (χ1) is 28.3. The Kier molecular flexibility index (Phi) is 7.08. The van der Waals surface area contributed by atoms with E-state index >= 15 is 0 Å². The second-order valence-electron chi connectivity index (χ2n) is 15.3. The molecule has 1 N–H and O–H groups in total. The Labute approximate surface area is 331 Å². The fourth-order valence-electron chi connectivity index (χ4n) is 9.72. The van der Waals surface area contributed by atoms with Crippen molar-refractivity contribution in [3.05, 3.63) is 222 Å². The zero-order valence-corrected chi connectivity index (χ0v) is 31.1. The molecule has 0 bridgehead atoms. The second kappa shape index (κ2) is 12.6. The molecule has 3 aliphatic heterocycles. The van der Waals surface area contributed by atoms with E-state index in [4.69, 9.17) is 4.42 Å². The fraction of sp³-hybridized carbons (Fsp3) is 0.0566. The van der Waals surface area contributed by atoms with Gasteiger partial charge in [0.15, 0.2) is 0 Å². The van der Waals surface area contributed by atoms with Gasteiger partial charge >= 0.3 is 0 Å². The SMILES string of the molecule is C1=CC2C3=C(c4ccccc4N(c4ccc(C5NC=Cc6ccccc65)cc4)c4ccccc43)N(c3ccc(-c4cccc5c4oc4ccccc45)cc3)C2C=C1. The minimum absolute atomic E-state index is 0.101. The molecule has 4 heteroatoms. The van der Waals surface area contributed by atoms with E-state index in [9.17, 15) is 0 Å². The van der Waals surface area contributed by atoms with Crippen molar-refractivity contribution in [2.45, 2.75) is 12.1 Å². The minimum Gasteiger partial charge on any atom is -0.455 e. The number of benzene rings is 7. The number of nitrogens with zero attached hydrogens (tertiary/aromatic N) is 2. The van der Waals surface area contributed by atoms with Gasteiger partial charge in [0.2, 0.25) is 0 Å². The van der Waals surface area contributed by atoms with Crippen molar-refractivity contribution < 1.29 is 4.42 Å². The van der Waals surface area contributed by atoms with Crippen molar-refractivity contribution in [3.63, 3.8) is 0 Å². The lowest BCUT2D eigenvalue weighted by molar-refractivity contribution is 0.670. The topological polar surface area (TPSA) is 31.6 Å². The first-order valence-electron chi connectivity index (χ1n) is 19.8. The molecule has 4 nitrogen and oxygen atoms in total. The number of furan rings is 1. The Morgan fingerprint density at radius 2 is 1.23 bits per heavy atom. The molecule has 4 aliphatic rings. The quantitative estimate of drug-likeness (QED) is 0.195. The molecule has 0 fully saturated rings. The molecule has 7 aromatic carbocycles. The largest absolute Gasteiger partial charge is 0.455 e. The normalized spacial score (nSPS) is 18.8. The van der Waals surface area contributed by atoms with E-state index in [-0.39, 0.29) is 18.0 Å². The lowest BCUT2D eigenvalue weighted by atomic mass is 9.85. The molecule has 0 saturated heterocycles. The molecule has 0 radical (unpaired) electrons. The van der Waals surface area contributed by atoms with E-state index in [1.54, 1.807) is 0 Å². The van der Waals surface area contributed by atoms with Gasteiger partial charge in [-0.3, -0.25) is 0 Å². The fourth-order valence-corrected chi connectivity index (χ4v) is 9.72. The summed E-state index contributed by atoms with van der Waals surface area (Å²) in [4.78, 5) is 5.04. The maximum Gasteiger partial charge on any atom is 0.143 e. The van der Waals surface area contributed by atoms with Crippen LogP contribution in [0, 0.1) is 5.92 Å². The summed E-state index contributed by atoms with van der Waals surface area (Å²) in [5.74, 6) is 0.177. The number of nitrogens with one attached hydrogen (secondary N) is 1. The van der Waals surface area contributed by atoms with Crippen molar-refractivity contribution >= 4 is 62.0 Å². The molecule has 3 atom stereocenters. The van der Waals surface area contributed by atoms with Gasteiger partial charge in [0.25, 0.3) is 0 Å². The summed E-state index contributed by atoms with van der Waals surface area (Å²) >= 11 is 0. The van der Waals surface area contributed by atoms with Gasteiger partial charge in [-0.25, -0.2) is 0 Å². The van der Waals surface area contributed by atoms with Crippen LogP contribution in [0.25, 0.3) is 50.4 Å². The van der Waals surface area contributed by atoms with Crippen LogP contribution in [-0.2, 0) is 0 Å². The Bertz CT molecular complexity index is 3020. The molecule has 0 spiro atoms. The Balaban J connectivity index is 0.985. The third-order valence-corrected chi connectivity index (χ3v) is 12.2. The highest BCUT2D eigenvalue weighted by molar-refractivity contribution is 6.12. The summed E-state index contributed by atoms with van der Waals surface area (Å²) in [6.45, 7) is 0. The van der Waals surface area contributed by atoms with E-state index < -0.39 is 0 Å². The van der Waals surface area contributed by atoms with Gasteiger partial charge in [-0.15, -0.1) is 0 Å². The average Bonchev–Trinajstić information content (AvgIpc) is 3.80. The van der Waals surface area contributed by atoms with Crippen LogP contribution in [-0.4, -0.2) is 6.04 Å². The van der Waals surface area contributed by atoms with E-state index in [1.807, 2.05) is 12.1 Å². The standard InChI is InChI=1S/C53H37N3O/c1-2-13-39-34(12-1)32-33-54-51(39)36-26-30-37(31-27-36)55-46-20-7-3-15-43(46)50-44-16-4-8-21-47(44)56(52(50)45-17-5-9-22-48(45)55)38-28-24-35(25-29-38)40-18-11-19-42-41-14-6-10-23-49(41)57-53(40)42/h1-33,44,47,51,54H. The zero-order chi connectivity index (χ0) is 37.5. The summed E-state index contributed by atoms with van der Waals surface area (Å²) < 4.78 is 6.45. The summed E-state index contributed by atoms with van der Waals surface area (Å²) in [5, 5.41) is 5.90. The summed E-state index contributed by atoms with van der Waals surface area (Å²) in [5.41, 5.74) is 17.6. The first kappa shape index (κ1) is 32.0. The van der Waals surface area contributed by atoms with Crippen LogP contribution in [0.15, 0.2) is 199 Å². The van der Waals surface area contributed by atoms with E-state index in [2.05, 4.69) is 203 Å². The number of hydrogen-bond donors (Lipinski definition) is 1. The predicted octanol–water partition coefficient (Wildman–Crippen LogP) is 13.2. The molecule has 12 rings (SSSR count). The summed E-state index contributed by atoms with van der Waals surface area (Å²) in [7, 11) is 0. The zero-order valence-electron chi connectivity index (χ0n) is 31.1. The second-order valence-corrected chi connectivity index (χ2v) is 15.3. The van der Waals surface area contributed by atoms with Crippen molar-refractivity contribution in [2.24, 2.45) is 5.92 Å². The van der Waals surface area contributed by atoms with Crippen LogP contribution < -0.4 is 15.1 Å². The molecule has 1 aromatic heterocycles. The first-order valence-corrected chi connectivity index (χ1v) is 19.8. The molecule has 270 valence electrons. The highest BCUT2D eigenvalue weighted by Crippen LogP contribution is 2.56.